The van der Waals surface area contributed by atoms with E-state index in [4.69, 9.17) is 0 Å². The third-order valence-corrected chi connectivity index (χ3v) is 4.05. The van der Waals surface area contributed by atoms with Crippen LogP contribution in [0.3, 0.4) is 0 Å². The fraction of sp³-hybridized carbons (Fsp3) is 0.118. The van der Waals surface area contributed by atoms with Crippen LogP contribution in [-0.2, 0) is 7.05 Å². The lowest BCUT2D eigenvalue weighted by molar-refractivity contribution is 0.564. The summed E-state index contributed by atoms with van der Waals surface area (Å²) in [5.41, 5.74) is 2.61. The molecule has 0 atom stereocenters. The van der Waals surface area contributed by atoms with Gasteiger partial charge in [-0.2, -0.15) is 4.39 Å². The molecule has 25 heavy (non-hydrogen) atoms. The zero-order chi connectivity index (χ0) is 17.6. The molecule has 0 N–H and O–H groups in total. The molecular formula is C17H13FN6O. The van der Waals surface area contributed by atoms with Gasteiger partial charge in [0.05, 0.1) is 22.9 Å². The van der Waals surface area contributed by atoms with E-state index in [1.54, 1.807) is 38.2 Å². The van der Waals surface area contributed by atoms with Crippen molar-refractivity contribution in [2.45, 2.75) is 6.92 Å². The van der Waals surface area contributed by atoms with Gasteiger partial charge in [0.2, 0.25) is 5.95 Å². The average molecular weight is 336 g/mol. The minimum Gasteiger partial charge on any atom is -0.302 e. The van der Waals surface area contributed by atoms with E-state index in [1.807, 2.05) is 6.07 Å². The summed E-state index contributed by atoms with van der Waals surface area (Å²) in [5.74, 6) is -0.626. The van der Waals surface area contributed by atoms with Gasteiger partial charge < -0.3 is 4.57 Å². The molecule has 0 amide bonds. The largest absolute Gasteiger partial charge is 0.302 e. The van der Waals surface area contributed by atoms with Crippen LogP contribution < -0.4 is 5.56 Å². The molecule has 0 aliphatic rings. The number of benzene rings is 1. The Balaban J connectivity index is 1.89. The molecule has 0 fully saturated rings. The number of aromatic nitrogens is 6. The number of halogens is 1. The van der Waals surface area contributed by atoms with Crippen molar-refractivity contribution in [2.24, 2.45) is 7.05 Å². The molecule has 0 spiro atoms. The molecule has 3 aromatic heterocycles. The Morgan fingerprint density at radius 2 is 2.00 bits per heavy atom. The van der Waals surface area contributed by atoms with Crippen molar-refractivity contribution >= 4 is 10.9 Å². The van der Waals surface area contributed by atoms with Gasteiger partial charge in [0.25, 0.3) is 5.56 Å². The van der Waals surface area contributed by atoms with Crippen molar-refractivity contribution in [3.05, 3.63) is 64.9 Å². The summed E-state index contributed by atoms with van der Waals surface area (Å²) in [5, 5.41) is 8.67. The van der Waals surface area contributed by atoms with Crippen molar-refractivity contribution in [3.63, 3.8) is 0 Å². The fourth-order valence-corrected chi connectivity index (χ4v) is 2.72. The number of nitrogens with zero attached hydrogens (tertiary/aromatic N) is 6. The molecule has 4 aromatic rings. The summed E-state index contributed by atoms with van der Waals surface area (Å²) in [6, 6.07) is 8.51. The number of hydrogen-bond acceptors (Lipinski definition) is 5. The van der Waals surface area contributed by atoms with Crippen molar-refractivity contribution in [2.75, 3.05) is 0 Å². The van der Waals surface area contributed by atoms with E-state index in [0.29, 0.717) is 27.9 Å². The summed E-state index contributed by atoms with van der Waals surface area (Å²) in [4.78, 5) is 20.2. The summed E-state index contributed by atoms with van der Waals surface area (Å²) in [6.07, 6.45) is 2.86. The molecule has 3 heterocycles. The van der Waals surface area contributed by atoms with Crippen molar-refractivity contribution in [1.29, 1.82) is 0 Å². The summed E-state index contributed by atoms with van der Waals surface area (Å²) in [7, 11) is 1.65. The average Bonchev–Trinajstić information content (AvgIpc) is 3.00. The highest BCUT2D eigenvalue weighted by Gasteiger charge is 2.16. The van der Waals surface area contributed by atoms with E-state index in [0.717, 1.165) is 0 Å². The standard InChI is InChI=1S/C17H13FN6O/c1-10-15(21-22-24(10)14-4-3-7-19-16(14)18)11-5-6-13-12(8-11)17(25)23(2)9-20-13/h3-9H,1-2H3. The Morgan fingerprint density at radius 1 is 1.16 bits per heavy atom. The van der Waals surface area contributed by atoms with Crippen LogP contribution in [0.5, 0.6) is 0 Å². The zero-order valence-corrected chi connectivity index (χ0v) is 13.5. The number of rotatable bonds is 2. The molecule has 7 nitrogen and oxygen atoms in total. The van der Waals surface area contributed by atoms with Crippen molar-refractivity contribution in [1.82, 2.24) is 29.5 Å². The first-order valence-corrected chi connectivity index (χ1v) is 7.55. The monoisotopic (exact) mass is 336 g/mol. The van der Waals surface area contributed by atoms with Crippen molar-refractivity contribution in [3.8, 4) is 16.9 Å². The Kier molecular flexibility index (Phi) is 3.38. The van der Waals surface area contributed by atoms with Crippen LogP contribution in [0.1, 0.15) is 5.69 Å². The summed E-state index contributed by atoms with van der Waals surface area (Å²) in [6.45, 7) is 1.79. The van der Waals surface area contributed by atoms with E-state index in [2.05, 4.69) is 20.3 Å². The predicted octanol–water partition coefficient (Wildman–Crippen LogP) is 2.02. The SMILES string of the molecule is Cc1c(-c2ccc3ncn(C)c(=O)c3c2)nnn1-c1cccnc1F. The minimum atomic E-state index is -0.626. The van der Waals surface area contributed by atoms with Gasteiger partial charge in [-0.15, -0.1) is 5.10 Å². The number of hydrogen-bond donors (Lipinski definition) is 0. The van der Waals surface area contributed by atoms with Gasteiger partial charge in [0.15, 0.2) is 0 Å². The molecule has 4 rings (SSSR count). The second kappa shape index (κ2) is 5.59. The van der Waals surface area contributed by atoms with Crippen LogP contribution in [0.25, 0.3) is 27.8 Å². The molecule has 1 aromatic carbocycles. The number of pyridine rings is 1. The molecule has 0 saturated carbocycles. The van der Waals surface area contributed by atoms with Crippen molar-refractivity contribution < 1.29 is 4.39 Å². The predicted molar refractivity (Wildman–Crippen MR) is 89.8 cm³/mol. The Morgan fingerprint density at radius 3 is 2.80 bits per heavy atom. The molecule has 0 unspecified atom stereocenters. The fourth-order valence-electron chi connectivity index (χ4n) is 2.72. The van der Waals surface area contributed by atoms with Crippen LogP contribution in [-0.4, -0.2) is 29.5 Å². The maximum Gasteiger partial charge on any atom is 0.260 e. The Labute approximate surface area is 141 Å². The lowest BCUT2D eigenvalue weighted by Crippen LogP contribution is -2.16. The van der Waals surface area contributed by atoms with Gasteiger partial charge in [-0.3, -0.25) is 4.79 Å². The normalized spacial score (nSPS) is 11.2. The second-order valence-corrected chi connectivity index (χ2v) is 5.64. The third-order valence-electron chi connectivity index (χ3n) is 4.05. The van der Waals surface area contributed by atoms with Gasteiger partial charge in [-0.25, -0.2) is 14.6 Å². The topological polar surface area (TPSA) is 78.5 Å². The van der Waals surface area contributed by atoms with Gasteiger partial charge in [-0.05, 0) is 31.2 Å². The Bertz CT molecular complexity index is 1160. The summed E-state index contributed by atoms with van der Waals surface area (Å²) < 4.78 is 16.7. The first-order chi connectivity index (χ1) is 12.1. The lowest BCUT2D eigenvalue weighted by atomic mass is 10.1. The zero-order valence-electron chi connectivity index (χ0n) is 13.5. The van der Waals surface area contributed by atoms with Gasteiger partial charge in [0, 0.05) is 18.8 Å². The van der Waals surface area contributed by atoms with Gasteiger partial charge >= 0.3 is 0 Å². The summed E-state index contributed by atoms with van der Waals surface area (Å²) >= 11 is 0. The van der Waals surface area contributed by atoms with Crippen LogP contribution in [0.4, 0.5) is 4.39 Å². The van der Waals surface area contributed by atoms with E-state index in [1.165, 1.54) is 21.8 Å². The van der Waals surface area contributed by atoms with E-state index in [-0.39, 0.29) is 11.2 Å². The molecule has 124 valence electrons. The quantitative estimate of drug-likeness (QED) is 0.523. The molecule has 8 heteroatoms. The first kappa shape index (κ1) is 15.1. The van der Waals surface area contributed by atoms with Crippen LogP contribution in [0.15, 0.2) is 47.7 Å². The maximum atomic E-state index is 13.9. The first-order valence-electron chi connectivity index (χ1n) is 7.55. The molecule has 0 bridgehead atoms. The molecule has 0 aliphatic carbocycles. The lowest BCUT2D eigenvalue weighted by Gasteiger charge is -2.05. The highest BCUT2D eigenvalue weighted by molar-refractivity contribution is 5.83. The number of aryl methyl sites for hydroxylation is 1. The van der Waals surface area contributed by atoms with Crippen LogP contribution in [0.2, 0.25) is 0 Å². The highest BCUT2D eigenvalue weighted by atomic mass is 19.1. The smallest absolute Gasteiger partial charge is 0.260 e. The van der Waals surface area contributed by atoms with Gasteiger partial charge in [0.1, 0.15) is 11.4 Å². The molecule has 0 radical (unpaired) electrons. The third kappa shape index (κ3) is 2.38. The second-order valence-electron chi connectivity index (χ2n) is 5.64. The van der Waals surface area contributed by atoms with E-state index in [9.17, 15) is 9.18 Å². The number of fused-ring (bicyclic) bond motifs is 1. The minimum absolute atomic E-state index is 0.143. The van der Waals surface area contributed by atoms with Crippen LogP contribution in [0, 0.1) is 12.9 Å². The maximum absolute atomic E-state index is 13.9. The van der Waals surface area contributed by atoms with Crippen LogP contribution >= 0.6 is 0 Å². The highest BCUT2D eigenvalue weighted by Crippen LogP contribution is 2.25. The molecule has 0 aliphatic heterocycles. The molecular weight excluding hydrogens is 323 g/mol. The van der Waals surface area contributed by atoms with E-state index >= 15 is 0 Å². The van der Waals surface area contributed by atoms with E-state index < -0.39 is 5.95 Å². The Hall–Kier alpha value is -3.42. The van der Waals surface area contributed by atoms with Gasteiger partial charge in [-0.1, -0.05) is 11.3 Å². The molecule has 0 saturated heterocycles.